The fourth-order valence-electron chi connectivity index (χ4n) is 2.11. The first-order valence-electron chi connectivity index (χ1n) is 6.56. The molecule has 0 amide bonds. The number of fused-ring (bicyclic) bond motifs is 1. The van der Waals surface area contributed by atoms with E-state index >= 15 is 0 Å². The van der Waals surface area contributed by atoms with Crippen molar-refractivity contribution in [3.8, 4) is 5.75 Å². The van der Waals surface area contributed by atoms with E-state index in [0.717, 1.165) is 38.3 Å². The normalized spacial score (nSPS) is 17.8. The summed E-state index contributed by atoms with van der Waals surface area (Å²) >= 11 is 0. The molecule has 17 heavy (non-hydrogen) atoms. The van der Waals surface area contributed by atoms with Crippen LogP contribution in [-0.2, 0) is 6.42 Å². The third-order valence-electron chi connectivity index (χ3n) is 2.99. The van der Waals surface area contributed by atoms with Crippen molar-refractivity contribution in [2.45, 2.75) is 25.9 Å². The molecule has 1 unspecified atom stereocenters. The zero-order chi connectivity index (χ0) is 11.9. The fraction of sp³-hybridized carbons (Fsp3) is 0.571. The molecule has 0 saturated heterocycles. The summed E-state index contributed by atoms with van der Waals surface area (Å²) in [6, 6.07) is 8.31. The Labute approximate surface area is 104 Å². The average molecular weight is 234 g/mol. The molecule has 2 N–H and O–H groups in total. The maximum absolute atomic E-state index is 5.85. The van der Waals surface area contributed by atoms with E-state index in [-0.39, 0.29) is 0 Å². The van der Waals surface area contributed by atoms with Gasteiger partial charge in [0.2, 0.25) is 0 Å². The molecule has 0 radical (unpaired) electrons. The Morgan fingerprint density at radius 3 is 2.82 bits per heavy atom. The van der Waals surface area contributed by atoms with E-state index in [4.69, 9.17) is 4.74 Å². The van der Waals surface area contributed by atoms with Crippen LogP contribution in [-0.4, -0.2) is 32.3 Å². The first kappa shape index (κ1) is 12.4. The van der Waals surface area contributed by atoms with Crippen LogP contribution in [0.2, 0.25) is 0 Å². The number of nitrogens with one attached hydrogen (secondary N) is 2. The highest BCUT2D eigenvalue weighted by molar-refractivity contribution is 5.37. The Morgan fingerprint density at radius 1 is 1.18 bits per heavy atom. The second-order valence-corrected chi connectivity index (χ2v) is 4.51. The quantitative estimate of drug-likeness (QED) is 0.703. The molecular weight excluding hydrogens is 212 g/mol. The number of rotatable bonds is 7. The zero-order valence-corrected chi connectivity index (χ0v) is 10.5. The summed E-state index contributed by atoms with van der Waals surface area (Å²) in [5.74, 6) is 1.06. The molecule has 2 rings (SSSR count). The summed E-state index contributed by atoms with van der Waals surface area (Å²) in [5.41, 5.74) is 1.34. The number of hydrogen-bond acceptors (Lipinski definition) is 3. The topological polar surface area (TPSA) is 33.3 Å². The molecule has 0 aliphatic carbocycles. The van der Waals surface area contributed by atoms with Crippen molar-refractivity contribution in [3.05, 3.63) is 29.8 Å². The van der Waals surface area contributed by atoms with Crippen LogP contribution in [0.5, 0.6) is 5.75 Å². The molecule has 1 heterocycles. The van der Waals surface area contributed by atoms with Crippen LogP contribution in [0, 0.1) is 0 Å². The van der Waals surface area contributed by atoms with Crippen molar-refractivity contribution in [1.82, 2.24) is 10.6 Å². The van der Waals surface area contributed by atoms with Crippen molar-refractivity contribution in [2.75, 3.05) is 26.2 Å². The van der Waals surface area contributed by atoms with E-state index < -0.39 is 0 Å². The van der Waals surface area contributed by atoms with E-state index in [0.29, 0.717) is 6.10 Å². The van der Waals surface area contributed by atoms with E-state index in [9.17, 15) is 0 Å². The third kappa shape index (κ3) is 3.72. The van der Waals surface area contributed by atoms with Crippen LogP contribution in [0.15, 0.2) is 24.3 Å². The van der Waals surface area contributed by atoms with E-state index in [1.807, 2.05) is 6.07 Å². The summed E-state index contributed by atoms with van der Waals surface area (Å²) in [6.45, 7) is 6.27. The Hall–Kier alpha value is -1.06. The number of benzene rings is 1. The Kier molecular flexibility index (Phi) is 4.83. The van der Waals surface area contributed by atoms with Gasteiger partial charge in [-0.15, -0.1) is 0 Å². The van der Waals surface area contributed by atoms with Crippen LogP contribution in [0.25, 0.3) is 0 Å². The monoisotopic (exact) mass is 234 g/mol. The minimum atomic E-state index is 0.304. The van der Waals surface area contributed by atoms with Gasteiger partial charge in [0.05, 0.1) is 0 Å². The standard InChI is InChI=1S/C14H22N2O/c1-2-7-15-8-9-16-11-13-10-12-5-3-4-6-14(12)17-13/h3-6,13,15-16H,2,7-11H2,1H3. The van der Waals surface area contributed by atoms with Crippen molar-refractivity contribution >= 4 is 0 Å². The van der Waals surface area contributed by atoms with Crippen molar-refractivity contribution in [3.63, 3.8) is 0 Å². The van der Waals surface area contributed by atoms with Gasteiger partial charge < -0.3 is 15.4 Å². The highest BCUT2D eigenvalue weighted by Crippen LogP contribution is 2.27. The number of para-hydroxylation sites is 1. The molecule has 1 aromatic carbocycles. The third-order valence-corrected chi connectivity index (χ3v) is 2.99. The van der Waals surface area contributed by atoms with Gasteiger partial charge in [-0.05, 0) is 24.6 Å². The van der Waals surface area contributed by atoms with Crippen LogP contribution in [0.3, 0.4) is 0 Å². The highest BCUT2D eigenvalue weighted by Gasteiger charge is 2.21. The van der Waals surface area contributed by atoms with E-state index in [2.05, 4.69) is 35.8 Å². The minimum Gasteiger partial charge on any atom is -0.488 e. The lowest BCUT2D eigenvalue weighted by atomic mass is 10.1. The van der Waals surface area contributed by atoms with Gasteiger partial charge in [0.1, 0.15) is 11.9 Å². The second kappa shape index (κ2) is 6.62. The molecule has 3 nitrogen and oxygen atoms in total. The molecule has 94 valence electrons. The van der Waals surface area contributed by atoms with Crippen LogP contribution >= 0.6 is 0 Å². The SMILES string of the molecule is CCCNCCNCC1Cc2ccccc2O1. The molecule has 1 aliphatic rings. The predicted octanol–water partition coefficient (Wildman–Crippen LogP) is 1.58. The maximum Gasteiger partial charge on any atom is 0.123 e. The molecule has 0 spiro atoms. The highest BCUT2D eigenvalue weighted by atomic mass is 16.5. The first-order valence-corrected chi connectivity index (χ1v) is 6.56. The van der Waals surface area contributed by atoms with Crippen LogP contribution < -0.4 is 15.4 Å². The average Bonchev–Trinajstić information content (AvgIpc) is 2.76. The smallest absolute Gasteiger partial charge is 0.123 e. The molecule has 3 heteroatoms. The number of ether oxygens (including phenoxy) is 1. The zero-order valence-electron chi connectivity index (χ0n) is 10.5. The van der Waals surface area contributed by atoms with Gasteiger partial charge in [0.15, 0.2) is 0 Å². The lowest BCUT2D eigenvalue weighted by Crippen LogP contribution is -2.34. The Bertz CT molecular complexity index is 316. The van der Waals surface area contributed by atoms with Gasteiger partial charge in [0, 0.05) is 26.1 Å². The van der Waals surface area contributed by atoms with Gasteiger partial charge in [-0.1, -0.05) is 25.1 Å². The van der Waals surface area contributed by atoms with Gasteiger partial charge >= 0.3 is 0 Å². The lowest BCUT2D eigenvalue weighted by molar-refractivity contribution is 0.228. The molecular formula is C14H22N2O. The molecule has 1 atom stereocenters. The van der Waals surface area contributed by atoms with E-state index in [1.165, 1.54) is 12.0 Å². The van der Waals surface area contributed by atoms with Crippen LogP contribution in [0.4, 0.5) is 0 Å². The molecule has 0 fully saturated rings. The summed E-state index contributed by atoms with van der Waals surface area (Å²) in [4.78, 5) is 0. The van der Waals surface area contributed by atoms with Gasteiger partial charge in [-0.2, -0.15) is 0 Å². The Morgan fingerprint density at radius 2 is 2.00 bits per heavy atom. The summed E-state index contributed by atoms with van der Waals surface area (Å²) in [6.07, 6.45) is 2.53. The number of hydrogen-bond donors (Lipinski definition) is 2. The van der Waals surface area contributed by atoms with Gasteiger partial charge in [0.25, 0.3) is 0 Å². The maximum atomic E-state index is 5.85. The van der Waals surface area contributed by atoms with Crippen LogP contribution in [0.1, 0.15) is 18.9 Å². The lowest BCUT2D eigenvalue weighted by Gasteiger charge is -2.12. The molecule has 1 aliphatic heterocycles. The minimum absolute atomic E-state index is 0.304. The van der Waals surface area contributed by atoms with Crippen molar-refractivity contribution in [1.29, 1.82) is 0 Å². The summed E-state index contributed by atoms with van der Waals surface area (Å²) < 4.78 is 5.85. The van der Waals surface area contributed by atoms with E-state index in [1.54, 1.807) is 0 Å². The molecule has 0 saturated carbocycles. The summed E-state index contributed by atoms with van der Waals surface area (Å²) in [7, 11) is 0. The molecule has 1 aromatic rings. The van der Waals surface area contributed by atoms with Gasteiger partial charge in [-0.25, -0.2) is 0 Å². The Balaban J connectivity index is 1.60. The molecule has 0 aromatic heterocycles. The van der Waals surface area contributed by atoms with Crippen molar-refractivity contribution in [2.24, 2.45) is 0 Å². The predicted molar refractivity (Wildman–Crippen MR) is 70.6 cm³/mol. The fourth-order valence-corrected chi connectivity index (χ4v) is 2.11. The largest absolute Gasteiger partial charge is 0.488 e. The summed E-state index contributed by atoms with van der Waals surface area (Å²) in [5, 5.41) is 6.81. The first-order chi connectivity index (χ1) is 8.40. The second-order valence-electron chi connectivity index (χ2n) is 4.51. The van der Waals surface area contributed by atoms with Crippen molar-refractivity contribution < 1.29 is 4.74 Å². The molecule has 0 bridgehead atoms. The van der Waals surface area contributed by atoms with Gasteiger partial charge in [-0.3, -0.25) is 0 Å².